The first-order valence-electron chi connectivity index (χ1n) is 10.9. The molecule has 1 saturated heterocycles. The van der Waals surface area contributed by atoms with E-state index in [1.54, 1.807) is 29.1 Å². The summed E-state index contributed by atoms with van der Waals surface area (Å²) < 4.78 is 48.4. The molecule has 35 heavy (non-hydrogen) atoms. The van der Waals surface area contributed by atoms with E-state index in [4.69, 9.17) is 4.74 Å². The third-order valence-electron chi connectivity index (χ3n) is 5.52. The molecule has 0 spiro atoms. The number of carbonyl (C=O) groups excluding carboxylic acids is 1. The van der Waals surface area contributed by atoms with E-state index >= 15 is 0 Å². The molecule has 2 aromatic carbocycles. The molecule has 1 fully saturated rings. The van der Waals surface area contributed by atoms with Crippen molar-refractivity contribution < 1.29 is 27.4 Å². The second kappa shape index (κ2) is 10.1. The van der Waals surface area contributed by atoms with Gasteiger partial charge in [-0.15, -0.1) is 13.2 Å². The molecular formula is C23H25F3N6O3. The Morgan fingerprint density at radius 3 is 2.54 bits per heavy atom. The van der Waals surface area contributed by atoms with Crippen LogP contribution in [-0.4, -0.2) is 65.3 Å². The Labute approximate surface area is 200 Å². The maximum atomic E-state index is 12.6. The van der Waals surface area contributed by atoms with Gasteiger partial charge >= 0.3 is 12.4 Å². The number of benzene rings is 2. The molecule has 1 aromatic heterocycles. The predicted octanol–water partition coefficient (Wildman–Crippen LogP) is 3.51. The summed E-state index contributed by atoms with van der Waals surface area (Å²) in [6.45, 7) is 4.13. The molecule has 4 rings (SSSR count). The first kappa shape index (κ1) is 24.2. The predicted molar refractivity (Wildman–Crippen MR) is 122 cm³/mol. The Kier molecular flexibility index (Phi) is 6.99. The second-order valence-electron chi connectivity index (χ2n) is 7.92. The lowest BCUT2D eigenvalue weighted by molar-refractivity contribution is -0.274. The highest BCUT2D eigenvalue weighted by Gasteiger charge is 2.31. The molecule has 0 atom stereocenters. The molecule has 9 nitrogen and oxygen atoms in total. The van der Waals surface area contributed by atoms with Crippen LogP contribution < -0.4 is 19.7 Å². The van der Waals surface area contributed by atoms with Gasteiger partial charge in [0.1, 0.15) is 29.3 Å². The van der Waals surface area contributed by atoms with Crippen LogP contribution in [0.15, 0.2) is 48.8 Å². The summed E-state index contributed by atoms with van der Waals surface area (Å²) in [5.41, 5.74) is 2.25. The standard InChI is InChI=1S/C23H25F3N6O3/c1-16-28-15-32(29-16)20-7-6-18(13-21(20)34-2)30-8-10-31(11-9-30)22(33)27-14-17-4-3-5-19(12-17)35-23(24,25)26/h3-7,12-13,15H,8-11,14H2,1-2H3,(H,27,33). The summed E-state index contributed by atoms with van der Waals surface area (Å²) in [6, 6.07) is 11.1. The van der Waals surface area contributed by atoms with E-state index in [0.717, 1.165) is 11.4 Å². The molecular weight excluding hydrogens is 465 g/mol. The highest BCUT2D eigenvalue weighted by Crippen LogP contribution is 2.29. The molecule has 3 aromatic rings. The summed E-state index contributed by atoms with van der Waals surface area (Å²) in [6.07, 6.45) is -3.13. The van der Waals surface area contributed by atoms with Crippen molar-refractivity contribution in [3.05, 3.63) is 60.2 Å². The summed E-state index contributed by atoms with van der Waals surface area (Å²) in [5, 5.41) is 7.08. The number of hydrogen-bond acceptors (Lipinski definition) is 6. The summed E-state index contributed by atoms with van der Waals surface area (Å²) >= 11 is 0. The van der Waals surface area contributed by atoms with Crippen LogP contribution in [0.25, 0.3) is 5.69 Å². The van der Waals surface area contributed by atoms with Crippen molar-refractivity contribution in [2.24, 2.45) is 0 Å². The Bertz CT molecular complexity index is 1180. The highest BCUT2D eigenvalue weighted by molar-refractivity contribution is 5.74. The van der Waals surface area contributed by atoms with Crippen molar-refractivity contribution >= 4 is 11.7 Å². The van der Waals surface area contributed by atoms with Crippen molar-refractivity contribution in [1.29, 1.82) is 0 Å². The largest absolute Gasteiger partial charge is 0.573 e. The number of rotatable bonds is 6. The zero-order chi connectivity index (χ0) is 25.0. The van der Waals surface area contributed by atoms with E-state index in [9.17, 15) is 18.0 Å². The van der Waals surface area contributed by atoms with Crippen LogP contribution in [0.2, 0.25) is 0 Å². The van der Waals surface area contributed by atoms with Crippen LogP contribution in [0.4, 0.5) is 23.7 Å². The van der Waals surface area contributed by atoms with Gasteiger partial charge in [-0.05, 0) is 36.8 Å². The minimum absolute atomic E-state index is 0.0918. The lowest BCUT2D eigenvalue weighted by Gasteiger charge is -2.36. The van der Waals surface area contributed by atoms with Crippen molar-refractivity contribution in [2.75, 3.05) is 38.2 Å². The van der Waals surface area contributed by atoms with Gasteiger partial charge in [-0.25, -0.2) is 14.5 Å². The first-order chi connectivity index (χ1) is 16.7. The fraction of sp³-hybridized carbons (Fsp3) is 0.348. The van der Waals surface area contributed by atoms with E-state index in [-0.39, 0.29) is 18.3 Å². The lowest BCUT2D eigenvalue weighted by Crippen LogP contribution is -2.51. The normalized spacial score (nSPS) is 14.1. The van der Waals surface area contributed by atoms with Gasteiger partial charge < -0.3 is 24.6 Å². The van der Waals surface area contributed by atoms with E-state index in [1.165, 1.54) is 18.2 Å². The number of aromatic nitrogens is 3. The number of urea groups is 1. The number of methoxy groups -OCH3 is 1. The number of halogens is 3. The number of amides is 2. The van der Waals surface area contributed by atoms with Crippen LogP contribution in [0.3, 0.4) is 0 Å². The second-order valence-corrected chi connectivity index (χ2v) is 7.92. The zero-order valence-electron chi connectivity index (χ0n) is 19.2. The number of alkyl halides is 3. The monoisotopic (exact) mass is 490 g/mol. The van der Waals surface area contributed by atoms with Gasteiger partial charge in [0.25, 0.3) is 0 Å². The van der Waals surface area contributed by atoms with Gasteiger partial charge in [0, 0.05) is 44.5 Å². The van der Waals surface area contributed by atoms with E-state index in [1.807, 2.05) is 25.1 Å². The smallest absolute Gasteiger partial charge is 0.494 e. The van der Waals surface area contributed by atoms with Gasteiger partial charge in [0.2, 0.25) is 0 Å². The lowest BCUT2D eigenvalue weighted by atomic mass is 10.2. The first-order valence-corrected chi connectivity index (χ1v) is 10.9. The molecule has 0 saturated carbocycles. The van der Waals surface area contributed by atoms with Crippen LogP contribution in [-0.2, 0) is 6.54 Å². The quantitative estimate of drug-likeness (QED) is 0.569. The van der Waals surface area contributed by atoms with E-state index < -0.39 is 6.36 Å². The molecule has 2 amide bonds. The number of hydrogen-bond donors (Lipinski definition) is 1. The average molecular weight is 490 g/mol. The summed E-state index contributed by atoms with van der Waals surface area (Å²) in [5.74, 6) is 0.996. The van der Waals surface area contributed by atoms with Crippen LogP contribution in [0, 0.1) is 6.92 Å². The number of aryl methyl sites for hydroxylation is 1. The average Bonchev–Trinajstić information content (AvgIpc) is 3.27. The van der Waals surface area contributed by atoms with Gasteiger partial charge in [-0.2, -0.15) is 5.10 Å². The van der Waals surface area contributed by atoms with Crippen LogP contribution in [0.5, 0.6) is 11.5 Å². The van der Waals surface area contributed by atoms with Gasteiger partial charge in [0.15, 0.2) is 0 Å². The Morgan fingerprint density at radius 1 is 1.11 bits per heavy atom. The van der Waals surface area contributed by atoms with Crippen LogP contribution in [0.1, 0.15) is 11.4 Å². The van der Waals surface area contributed by atoms with E-state index in [0.29, 0.717) is 43.3 Å². The molecule has 1 aliphatic rings. The topological polar surface area (TPSA) is 84.8 Å². The number of nitrogens with zero attached hydrogens (tertiary/aromatic N) is 5. The molecule has 0 radical (unpaired) electrons. The van der Waals surface area contributed by atoms with E-state index in [2.05, 4.69) is 25.0 Å². The maximum Gasteiger partial charge on any atom is 0.573 e. The number of nitrogens with one attached hydrogen (secondary N) is 1. The maximum absolute atomic E-state index is 12.6. The summed E-state index contributed by atoms with van der Waals surface area (Å²) in [4.78, 5) is 20.6. The number of carbonyl (C=O) groups is 1. The van der Waals surface area contributed by atoms with Crippen molar-refractivity contribution in [3.63, 3.8) is 0 Å². The van der Waals surface area contributed by atoms with Crippen molar-refractivity contribution in [3.8, 4) is 17.2 Å². The molecule has 12 heteroatoms. The number of ether oxygens (including phenoxy) is 2. The molecule has 0 bridgehead atoms. The van der Waals surface area contributed by atoms with Crippen LogP contribution >= 0.6 is 0 Å². The third kappa shape index (κ3) is 6.14. The van der Waals surface area contributed by atoms with Gasteiger partial charge in [-0.3, -0.25) is 0 Å². The fourth-order valence-electron chi connectivity index (χ4n) is 3.82. The highest BCUT2D eigenvalue weighted by atomic mass is 19.4. The number of piperazine rings is 1. The molecule has 1 N–H and O–H groups in total. The minimum Gasteiger partial charge on any atom is -0.494 e. The minimum atomic E-state index is -4.76. The Hall–Kier alpha value is -3.96. The SMILES string of the molecule is COc1cc(N2CCN(C(=O)NCc3cccc(OC(F)(F)F)c3)CC2)ccc1-n1cnc(C)n1. The molecule has 1 aliphatic heterocycles. The summed E-state index contributed by atoms with van der Waals surface area (Å²) in [7, 11) is 1.60. The zero-order valence-corrected chi connectivity index (χ0v) is 19.2. The molecule has 2 heterocycles. The molecule has 186 valence electrons. The Balaban J connectivity index is 1.32. The van der Waals surface area contributed by atoms with Gasteiger partial charge in [-0.1, -0.05) is 12.1 Å². The van der Waals surface area contributed by atoms with Gasteiger partial charge in [0.05, 0.1) is 7.11 Å². The number of anilines is 1. The fourth-order valence-corrected chi connectivity index (χ4v) is 3.82. The third-order valence-corrected chi connectivity index (χ3v) is 5.52. The molecule has 0 unspecified atom stereocenters. The Morgan fingerprint density at radius 2 is 1.89 bits per heavy atom. The van der Waals surface area contributed by atoms with Crippen molar-refractivity contribution in [1.82, 2.24) is 25.0 Å². The molecule has 0 aliphatic carbocycles. The van der Waals surface area contributed by atoms with Crippen molar-refractivity contribution in [2.45, 2.75) is 19.8 Å².